The first-order chi connectivity index (χ1) is 19.4. The van der Waals surface area contributed by atoms with Crippen LogP contribution in [0.4, 0.5) is 10.5 Å². The van der Waals surface area contributed by atoms with Gasteiger partial charge in [0.25, 0.3) is 5.91 Å². The molecule has 0 unspecified atom stereocenters. The van der Waals surface area contributed by atoms with Crippen LogP contribution in [0, 0.1) is 6.92 Å². The van der Waals surface area contributed by atoms with E-state index in [2.05, 4.69) is 5.32 Å². The smallest absolute Gasteiger partial charge is 0.404 e. The molecule has 13 heteroatoms. The molecule has 0 spiro atoms. The molecule has 2 amide bonds. The number of amides is 2. The predicted octanol–water partition coefficient (Wildman–Crippen LogP) is 3.16. The van der Waals surface area contributed by atoms with Gasteiger partial charge in [-0.05, 0) is 45.0 Å². The Bertz CT molecular complexity index is 1670. The Morgan fingerprint density at radius 3 is 2.54 bits per heavy atom. The molecular formula is C28H28N2O11. The largest absolute Gasteiger partial charge is 0.505 e. The van der Waals surface area contributed by atoms with E-state index in [1.54, 1.807) is 45.0 Å². The number of carbonyl (C=O) groups excluding carboxylic acids is 2. The summed E-state index contributed by atoms with van der Waals surface area (Å²) in [6, 6.07) is 11.4. The maximum Gasteiger partial charge on any atom is 0.404 e. The van der Waals surface area contributed by atoms with E-state index in [-0.39, 0.29) is 28.0 Å². The summed E-state index contributed by atoms with van der Waals surface area (Å²) in [6.07, 6.45) is -6.06. The van der Waals surface area contributed by atoms with Gasteiger partial charge >= 0.3 is 11.7 Å². The average molecular weight is 569 g/mol. The van der Waals surface area contributed by atoms with Crippen molar-refractivity contribution >= 4 is 39.6 Å². The van der Waals surface area contributed by atoms with E-state index in [0.29, 0.717) is 11.0 Å². The van der Waals surface area contributed by atoms with Gasteiger partial charge < -0.3 is 49.0 Å². The quantitative estimate of drug-likeness (QED) is 0.250. The number of anilines is 1. The number of aromatic hydroxyl groups is 1. The summed E-state index contributed by atoms with van der Waals surface area (Å²) in [4.78, 5) is 37.1. The second-order valence-corrected chi connectivity index (χ2v) is 10.0. The lowest BCUT2D eigenvalue weighted by molar-refractivity contribution is -0.304. The first kappa shape index (κ1) is 28.0. The number of furan rings is 1. The van der Waals surface area contributed by atoms with Gasteiger partial charge in [0.15, 0.2) is 29.4 Å². The molecule has 216 valence electrons. The third-order valence-electron chi connectivity index (χ3n) is 6.90. The van der Waals surface area contributed by atoms with Crippen LogP contribution in [0.1, 0.15) is 30.0 Å². The molecule has 1 aliphatic rings. The monoisotopic (exact) mass is 568 g/mol. The molecule has 4 aromatic rings. The summed E-state index contributed by atoms with van der Waals surface area (Å²) in [5, 5.41) is 25.0. The summed E-state index contributed by atoms with van der Waals surface area (Å²) in [7, 11) is 1.37. The second kappa shape index (κ2) is 10.4. The molecule has 41 heavy (non-hydrogen) atoms. The molecular weight excluding hydrogens is 540 g/mol. The standard InChI is InChI=1S/C28H28N2O11/c1-12-15(38-26-20(32)22(40-27(29)35)23(36-4)28(2,3)41-26)10-9-14-19(31)18(25(34)39-21(12)14)30-24(33)17-11-13-7-5-6-8-16(13)37-17/h5-11,20,22-23,26,31-32H,1-4H3,(H2,29,35)(H,30,33)/t20-,22+,23-,26-/m1/s1. The van der Waals surface area contributed by atoms with E-state index in [9.17, 15) is 24.6 Å². The summed E-state index contributed by atoms with van der Waals surface area (Å²) < 4.78 is 33.3. The highest BCUT2D eigenvalue weighted by Gasteiger charge is 2.53. The number of aryl methyl sites for hydroxylation is 1. The maximum atomic E-state index is 12.8. The number of aliphatic hydroxyl groups excluding tert-OH is 1. The van der Waals surface area contributed by atoms with Gasteiger partial charge in [0.2, 0.25) is 6.29 Å². The van der Waals surface area contributed by atoms with E-state index in [4.69, 9.17) is 33.5 Å². The van der Waals surface area contributed by atoms with E-state index in [0.717, 1.165) is 0 Å². The van der Waals surface area contributed by atoms with Gasteiger partial charge in [-0.25, -0.2) is 9.59 Å². The molecule has 0 saturated carbocycles. The van der Waals surface area contributed by atoms with Crippen LogP contribution in [0.2, 0.25) is 0 Å². The highest BCUT2D eigenvalue weighted by Crippen LogP contribution is 2.38. The number of hydrogen-bond donors (Lipinski definition) is 4. The van der Waals surface area contributed by atoms with E-state index in [1.165, 1.54) is 25.3 Å². The normalized spacial score (nSPS) is 22.0. The van der Waals surface area contributed by atoms with Gasteiger partial charge in [-0.1, -0.05) is 18.2 Å². The Morgan fingerprint density at radius 1 is 1.12 bits per heavy atom. The number of fused-ring (bicyclic) bond motifs is 2. The molecule has 1 fully saturated rings. The lowest BCUT2D eigenvalue weighted by atomic mass is 9.89. The maximum absolute atomic E-state index is 12.8. The van der Waals surface area contributed by atoms with Crippen LogP contribution in [0.3, 0.4) is 0 Å². The lowest BCUT2D eigenvalue weighted by Gasteiger charge is -2.47. The Kier molecular flexibility index (Phi) is 7.11. The Morgan fingerprint density at radius 2 is 1.85 bits per heavy atom. The molecule has 5 N–H and O–H groups in total. The fourth-order valence-corrected chi connectivity index (χ4v) is 4.94. The van der Waals surface area contributed by atoms with Crippen LogP contribution in [0.15, 0.2) is 56.1 Å². The van der Waals surface area contributed by atoms with Gasteiger partial charge in [0.05, 0.1) is 11.0 Å². The van der Waals surface area contributed by atoms with Gasteiger partial charge in [-0.2, -0.15) is 0 Å². The number of ether oxygens (including phenoxy) is 4. The topological polar surface area (TPSA) is 193 Å². The Balaban J connectivity index is 1.44. The molecule has 4 atom stereocenters. The minimum absolute atomic E-state index is 0.0315. The number of hydrogen-bond acceptors (Lipinski definition) is 11. The molecule has 3 heterocycles. The summed E-state index contributed by atoms with van der Waals surface area (Å²) in [5.41, 5.74) is 3.34. The van der Waals surface area contributed by atoms with Crippen molar-refractivity contribution in [2.75, 3.05) is 12.4 Å². The number of benzene rings is 2. The van der Waals surface area contributed by atoms with Crippen LogP contribution in [-0.2, 0) is 14.2 Å². The SMILES string of the molecule is CO[C@@H]1[C@@H](OC(N)=O)[C@@H](O)[C@H](Oc2ccc3c(O)c(NC(=O)c4cc5ccccc5o4)c(=O)oc3c2C)OC1(C)C. The summed E-state index contributed by atoms with van der Waals surface area (Å²) in [5.74, 6) is -1.21. The second-order valence-electron chi connectivity index (χ2n) is 10.0. The average Bonchev–Trinajstić information content (AvgIpc) is 3.35. The van der Waals surface area contributed by atoms with E-state index < -0.39 is 59.3 Å². The molecule has 13 nitrogen and oxygen atoms in total. The number of aliphatic hydroxyl groups is 1. The van der Waals surface area contributed by atoms with Crippen LogP contribution >= 0.6 is 0 Å². The van der Waals surface area contributed by atoms with Crippen LogP contribution in [-0.4, -0.2) is 59.5 Å². The number of nitrogens with one attached hydrogen (secondary N) is 1. The number of rotatable bonds is 6. The van der Waals surface area contributed by atoms with Gasteiger partial charge in [0.1, 0.15) is 23.0 Å². The molecule has 1 saturated heterocycles. The fraction of sp³-hybridized carbons (Fsp3) is 0.321. The molecule has 2 aromatic carbocycles. The zero-order chi connectivity index (χ0) is 29.6. The number of primary amides is 1. The van der Waals surface area contributed by atoms with Gasteiger partial charge in [0, 0.05) is 18.1 Å². The van der Waals surface area contributed by atoms with Crippen molar-refractivity contribution in [3.63, 3.8) is 0 Å². The Labute approximate surface area is 232 Å². The lowest BCUT2D eigenvalue weighted by Crippen LogP contribution is -2.65. The molecule has 0 bridgehead atoms. The molecule has 5 rings (SSSR count). The van der Waals surface area contributed by atoms with Crippen molar-refractivity contribution in [2.45, 2.75) is 51.0 Å². The highest BCUT2D eigenvalue weighted by molar-refractivity contribution is 6.06. The third-order valence-corrected chi connectivity index (χ3v) is 6.90. The number of nitrogens with two attached hydrogens (primary N) is 1. The van der Waals surface area contributed by atoms with Crippen molar-refractivity contribution in [3.05, 3.63) is 64.2 Å². The van der Waals surface area contributed by atoms with Crippen LogP contribution in [0.5, 0.6) is 11.5 Å². The highest BCUT2D eigenvalue weighted by atomic mass is 16.7. The predicted molar refractivity (Wildman–Crippen MR) is 144 cm³/mol. The molecule has 0 radical (unpaired) electrons. The first-order valence-electron chi connectivity index (χ1n) is 12.5. The van der Waals surface area contributed by atoms with Crippen molar-refractivity contribution in [2.24, 2.45) is 5.73 Å². The zero-order valence-electron chi connectivity index (χ0n) is 22.5. The number of para-hydroxylation sites is 1. The van der Waals surface area contributed by atoms with Crippen molar-refractivity contribution in [1.29, 1.82) is 0 Å². The van der Waals surface area contributed by atoms with Crippen molar-refractivity contribution < 1.29 is 47.6 Å². The summed E-state index contributed by atoms with van der Waals surface area (Å²) in [6.45, 7) is 4.88. The zero-order valence-corrected chi connectivity index (χ0v) is 22.5. The molecule has 2 aromatic heterocycles. The van der Waals surface area contributed by atoms with Crippen LogP contribution < -0.4 is 21.4 Å². The van der Waals surface area contributed by atoms with E-state index in [1.807, 2.05) is 0 Å². The third kappa shape index (κ3) is 5.06. The van der Waals surface area contributed by atoms with Crippen molar-refractivity contribution in [1.82, 2.24) is 0 Å². The minimum Gasteiger partial charge on any atom is -0.505 e. The molecule has 1 aliphatic heterocycles. The first-order valence-corrected chi connectivity index (χ1v) is 12.5. The molecule has 0 aliphatic carbocycles. The minimum atomic E-state index is -1.51. The summed E-state index contributed by atoms with van der Waals surface area (Å²) >= 11 is 0. The number of carbonyl (C=O) groups is 2. The fourth-order valence-electron chi connectivity index (χ4n) is 4.94. The van der Waals surface area contributed by atoms with Gasteiger partial charge in [-0.15, -0.1) is 0 Å². The van der Waals surface area contributed by atoms with E-state index >= 15 is 0 Å². The van der Waals surface area contributed by atoms with Crippen molar-refractivity contribution in [3.8, 4) is 11.5 Å². The van der Waals surface area contributed by atoms with Gasteiger partial charge in [-0.3, -0.25) is 4.79 Å². The number of methoxy groups -OCH3 is 1. The van der Waals surface area contributed by atoms with Crippen LogP contribution in [0.25, 0.3) is 21.9 Å². The Hall–Kier alpha value is -4.59.